The van der Waals surface area contributed by atoms with Crippen LogP contribution in [0.2, 0.25) is 0 Å². The second-order valence-corrected chi connectivity index (χ2v) is 7.03. The fraction of sp³-hybridized carbons (Fsp3) is 0.545. The number of barbiturate groups is 1. The summed E-state index contributed by atoms with van der Waals surface area (Å²) in [5.41, 5.74) is -1.16. The zero-order valence-electron chi connectivity index (χ0n) is 9.96. The van der Waals surface area contributed by atoms with Gasteiger partial charge < -0.3 is 0 Å². The summed E-state index contributed by atoms with van der Waals surface area (Å²) in [6.45, 7) is 0. The molecule has 0 bridgehead atoms. The zero-order chi connectivity index (χ0) is 13.8. The molecule has 1 unspecified atom stereocenters. The predicted molar refractivity (Wildman–Crippen MR) is 63.4 cm³/mol. The minimum atomic E-state index is -3.37. The van der Waals surface area contributed by atoms with E-state index < -0.39 is 39.1 Å². The molecule has 0 aromatic rings. The van der Waals surface area contributed by atoms with E-state index in [2.05, 4.69) is 5.32 Å². The Morgan fingerprint density at radius 3 is 2.42 bits per heavy atom. The van der Waals surface area contributed by atoms with Gasteiger partial charge in [0.25, 0.3) is 0 Å². The van der Waals surface area contributed by atoms with Gasteiger partial charge in [-0.05, 0) is 18.9 Å². The van der Waals surface area contributed by atoms with Crippen LogP contribution in [-0.4, -0.2) is 43.0 Å². The highest BCUT2D eigenvalue weighted by atomic mass is 32.2. The fourth-order valence-electron chi connectivity index (χ4n) is 2.69. The van der Waals surface area contributed by atoms with E-state index in [1.165, 1.54) is 6.08 Å². The zero-order valence-corrected chi connectivity index (χ0v) is 10.8. The number of imide groups is 2. The van der Waals surface area contributed by atoms with Crippen molar-refractivity contribution in [1.29, 1.82) is 0 Å². The lowest BCUT2D eigenvalue weighted by Crippen LogP contribution is -2.68. The van der Waals surface area contributed by atoms with E-state index in [1.54, 1.807) is 0 Å². The summed E-state index contributed by atoms with van der Waals surface area (Å²) < 4.78 is 22.8. The second kappa shape index (κ2) is 3.66. The van der Waals surface area contributed by atoms with Gasteiger partial charge >= 0.3 is 6.03 Å². The quantitative estimate of drug-likeness (QED) is 0.657. The third-order valence-corrected chi connectivity index (χ3v) is 5.33. The Hall–Kier alpha value is -1.70. The molecule has 1 saturated heterocycles. The van der Waals surface area contributed by atoms with Gasteiger partial charge in [0.05, 0.1) is 11.8 Å². The van der Waals surface area contributed by atoms with Crippen LogP contribution in [0, 0.1) is 5.41 Å². The van der Waals surface area contributed by atoms with Gasteiger partial charge in [0.2, 0.25) is 11.8 Å². The highest BCUT2D eigenvalue weighted by molar-refractivity contribution is 7.94. The molecule has 0 radical (unpaired) electrons. The number of urea groups is 1. The third kappa shape index (κ3) is 1.62. The van der Waals surface area contributed by atoms with E-state index in [1.807, 2.05) is 0 Å². The van der Waals surface area contributed by atoms with Crippen LogP contribution in [0.25, 0.3) is 0 Å². The first-order valence-electron chi connectivity index (χ1n) is 5.96. The Morgan fingerprint density at radius 2 is 1.95 bits per heavy atom. The van der Waals surface area contributed by atoms with Crippen LogP contribution in [0.1, 0.15) is 19.3 Å². The number of hydrogen-bond acceptors (Lipinski definition) is 5. The van der Waals surface area contributed by atoms with Crippen LogP contribution >= 0.6 is 0 Å². The molecule has 3 rings (SSSR count). The van der Waals surface area contributed by atoms with E-state index in [0.29, 0.717) is 12.8 Å². The smallest absolute Gasteiger partial charge is 0.277 e. The topological polar surface area (TPSA) is 101 Å². The van der Waals surface area contributed by atoms with Crippen molar-refractivity contribution in [2.75, 3.05) is 5.75 Å². The molecule has 1 atom stereocenters. The number of carbonyl (C=O) groups excluding carboxylic acids is 3. The number of nitrogens with zero attached hydrogens (tertiary/aromatic N) is 1. The Kier molecular flexibility index (Phi) is 2.38. The van der Waals surface area contributed by atoms with E-state index in [-0.39, 0.29) is 5.75 Å². The second-order valence-electron chi connectivity index (χ2n) is 5.10. The third-order valence-electron chi connectivity index (χ3n) is 3.95. The summed E-state index contributed by atoms with van der Waals surface area (Å²) in [4.78, 5) is 36.8. The van der Waals surface area contributed by atoms with Crippen molar-refractivity contribution in [2.45, 2.75) is 25.3 Å². The minimum Gasteiger partial charge on any atom is -0.277 e. The largest absolute Gasteiger partial charge is 0.331 e. The van der Waals surface area contributed by atoms with Gasteiger partial charge in [0, 0.05) is 5.41 Å². The molecule has 8 heteroatoms. The van der Waals surface area contributed by atoms with Gasteiger partial charge in [0.1, 0.15) is 5.41 Å². The first kappa shape index (κ1) is 12.3. The average molecular weight is 284 g/mol. The van der Waals surface area contributed by atoms with E-state index in [4.69, 9.17) is 0 Å². The van der Waals surface area contributed by atoms with Crippen molar-refractivity contribution in [2.24, 2.45) is 5.41 Å². The maximum Gasteiger partial charge on any atom is 0.331 e. The van der Waals surface area contributed by atoms with Crippen LogP contribution in [0.3, 0.4) is 0 Å². The highest BCUT2D eigenvalue weighted by Crippen LogP contribution is 2.45. The lowest BCUT2D eigenvalue weighted by molar-refractivity contribution is -0.158. The van der Waals surface area contributed by atoms with Gasteiger partial charge in [0.15, 0.2) is 9.84 Å². The number of rotatable bonds is 1. The van der Waals surface area contributed by atoms with Crippen molar-refractivity contribution < 1.29 is 22.8 Å². The molecule has 19 heavy (non-hydrogen) atoms. The molecule has 102 valence electrons. The minimum absolute atomic E-state index is 0.309. The van der Waals surface area contributed by atoms with Gasteiger partial charge in [-0.1, -0.05) is 6.42 Å². The standard InChI is InChI=1S/C11H12N2O5S/c14-8-11(3-1-4-11)9(15)13(10(16)12-8)7-2-5-19(17,18)6-7/h2,5,7H,1,3-4,6H2,(H,12,14,16). The van der Waals surface area contributed by atoms with Crippen molar-refractivity contribution in [3.63, 3.8) is 0 Å². The molecular formula is C11H12N2O5S. The SMILES string of the molecule is O=C1NC(=O)C2(CCC2)C(=O)N1C1C=CS(=O)(=O)C1. The summed E-state index contributed by atoms with van der Waals surface area (Å²) in [6, 6.07) is -1.65. The van der Waals surface area contributed by atoms with Gasteiger partial charge in [-0.3, -0.25) is 19.8 Å². The van der Waals surface area contributed by atoms with Gasteiger partial charge in [-0.15, -0.1) is 0 Å². The summed E-state index contributed by atoms with van der Waals surface area (Å²) in [6.07, 6.45) is 2.88. The summed E-state index contributed by atoms with van der Waals surface area (Å²) in [5, 5.41) is 3.16. The van der Waals surface area contributed by atoms with Crippen molar-refractivity contribution in [3.8, 4) is 0 Å². The van der Waals surface area contributed by atoms with Crippen molar-refractivity contribution >= 4 is 27.7 Å². The Balaban J connectivity index is 1.93. The molecule has 2 fully saturated rings. The normalized spacial score (nSPS) is 31.5. The highest BCUT2D eigenvalue weighted by Gasteiger charge is 2.58. The Bertz CT molecular complexity index is 617. The molecule has 0 aromatic carbocycles. The number of amides is 4. The van der Waals surface area contributed by atoms with Crippen LogP contribution in [0.5, 0.6) is 0 Å². The van der Waals surface area contributed by atoms with Crippen LogP contribution < -0.4 is 5.32 Å². The first-order chi connectivity index (χ1) is 8.86. The maximum absolute atomic E-state index is 12.4. The molecule has 2 heterocycles. The molecule has 4 amide bonds. The molecule has 3 aliphatic rings. The summed E-state index contributed by atoms with van der Waals surface area (Å²) >= 11 is 0. The molecule has 1 aliphatic carbocycles. The lowest BCUT2D eigenvalue weighted by atomic mass is 9.66. The fourth-order valence-corrected chi connectivity index (χ4v) is 3.96. The molecule has 1 N–H and O–H groups in total. The van der Waals surface area contributed by atoms with Gasteiger partial charge in [-0.2, -0.15) is 0 Å². The maximum atomic E-state index is 12.4. The summed E-state index contributed by atoms with van der Waals surface area (Å²) in [7, 11) is -3.37. The lowest BCUT2D eigenvalue weighted by Gasteiger charge is -2.45. The first-order valence-corrected chi connectivity index (χ1v) is 7.67. The molecule has 1 saturated carbocycles. The Morgan fingerprint density at radius 1 is 1.26 bits per heavy atom. The van der Waals surface area contributed by atoms with E-state index >= 15 is 0 Å². The van der Waals surface area contributed by atoms with Crippen molar-refractivity contribution in [1.82, 2.24) is 10.2 Å². The van der Waals surface area contributed by atoms with Crippen LogP contribution in [0.15, 0.2) is 11.5 Å². The molecular weight excluding hydrogens is 272 g/mol. The predicted octanol–water partition coefficient (Wildman–Crippen LogP) is -0.454. The monoisotopic (exact) mass is 284 g/mol. The molecule has 1 spiro atoms. The number of nitrogens with one attached hydrogen (secondary N) is 1. The number of hydrogen-bond donors (Lipinski definition) is 1. The summed E-state index contributed by atoms with van der Waals surface area (Å²) in [5.74, 6) is -1.44. The Labute approximate surface area is 109 Å². The molecule has 7 nitrogen and oxygen atoms in total. The molecule has 0 aromatic heterocycles. The molecule has 2 aliphatic heterocycles. The van der Waals surface area contributed by atoms with E-state index in [9.17, 15) is 22.8 Å². The van der Waals surface area contributed by atoms with Gasteiger partial charge in [-0.25, -0.2) is 13.2 Å². The average Bonchev–Trinajstić information content (AvgIpc) is 2.55. The van der Waals surface area contributed by atoms with Crippen LogP contribution in [-0.2, 0) is 19.4 Å². The number of sulfone groups is 1. The number of carbonyl (C=O) groups is 3. The van der Waals surface area contributed by atoms with Crippen LogP contribution in [0.4, 0.5) is 4.79 Å². The van der Waals surface area contributed by atoms with Crippen molar-refractivity contribution in [3.05, 3.63) is 11.5 Å². The van der Waals surface area contributed by atoms with E-state index in [0.717, 1.165) is 16.7 Å².